The molecule has 0 bridgehead atoms. The monoisotopic (exact) mass is 177 g/mol. The summed E-state index contributed by atoms with van der Waals surface area (Å²) in [6, 6.07) is 5.79. The molecule has 1 heterocycles. The van der Waals surface area contributed by atoms with Gasteiger partial charge >= 0.3 is 0 Å². The van der Waals surface area contributed by atoms with Crippen molar-refractivity contribution in [3.8, 4) is 5.75 Å². The van der Waals surface area contributed by atoms with E-state index in [0.717, 1.165) is 31.5 Å². The van der Waals surface area contributed by atoms with E-state index >= 15 is 0 Å². The zero-order valence-corrected chi connectivity index (χ0v) is 7.95. The highest BCUT2D eigenvalue weighted by Crippen LogP contribution is 2.32. The van der Waals surface area contributed by atoms with Crippen LogP contribution in [-0.2, 0) is 6.42 Å². The van der Waals surface area contributed by atoms with Crippen LogP contribution in [0.2, 0.25) is 0 Å². The van der Waals surface area contributed by atoms with Crippen molar-refractivity contribution in [3.05, 3.63) is 23.8 Å². The molecular weight excluding hydrogens is 162 g/mol. The van der Waals surface area contributed by atoms with Gasteiger partial charge in [0.25, 0.3) is 0 Å². The molecule has 2 heteroatoms. The van der Waals surface area contributed by atoms with Gasteiger partial charge in [-0.05, 0) is 31.9 Å². The van der Waals surface area contributed by atoms with Crippen LogP contribution in [0.5, 0.6) is 5.75 Å². The Morgan fingerprint density at radius 2 is 2.31 bits per heavy atom. The SMILES string of the molecule is CCN1CCCc2c(O)cccc21. The Hall–Kier alpha value is -1.18. The van der Waals surface area contributed by atoms with Crippen LogP contribution in [0.25, 0.3) is 0 Å². The topological polar surface area (TPSA) is 23.5 Å². The summed E-state index contributed by atoms with van der Waals surface area (Å²) >= 11 is 0. The largest absolute Gasteiger partial charge is 0.508 e. The normalized spacial score (nSPS) is 15.6. The maximum absolute atomic E-state index is 9.64. The molecule has 0 saturated heterocycles. The number of phenolic OH excluding ortho intramolecular Hbond substituents is 1. The number of phenols is 1. The maximum atomic E-state index is 9.64. The summed E-state index contributed by atoms with van der Waals surface area (Å²) in [5.74, 6) is 0.454. The first-order valence-electron chi connectivity index (χ1n) is 4.88. The second kappa shape index (κ2) is 3.29. The molecule has 0 unspecified atom stereocenters. The van der Waals surface area contributed by atoms with Crippen LogP contribution in [0, 0.1) is 0 Å². The van der Waals surface area contributed by atoms with Gasteiger partial charge < -0.3 is 10.0 Å². The summed E-state index contributed by atoms with van der Waals surface area (Å²) in [5.41, 5.74) is 2.34. The molecule has 0 aromatic heterocycles. The van der Waals surface area contributed by atoms with Crippen LogP contribution < -0.4 is 4.90 Å². The third-order valence-electron chi connectivity index (χ3n) is 2.70. The molecule has 1 aliphatic rings. The molecule has 1 N–H and O–H groups in total. The van der Waals surface area contributed by atoms with E-state index in [2.05, 4.69) is 17.9 Å². The van der Waals surface area contributed by atoms with Crippen molar-refractivity contribution in [2.24, 2.45) is 0 Å². The van der Waals surface area contributed by atoms with E-state index in [0.29, 0.717) is 5.75 Å². The minimum absolute atomic E-state index is 0.454. The van der Waals surface area contributed by atoms with Crippen LogP contribution in [0.3, 0.4) is 0 Å². The van der Waals surface area contributed by atoms with Crippen molar-refractivity contribution in [1.29, 1.82) is 0 Å². The van der Waals surface area contributed by atoms with E-state index in [9.17, 15) is 5.11 Å². The van der Waals surface area contributed by atoms with Crippen LogP contribution in [0.1, 0.15) is 18.9 Å². The lowest BCUT2D eigenvalue weighted by molar-refractivity contribution is 0.465. The average Bonchev–Trinajstić information content (AvgIpc) is 2.18. The molecule has 1 aromatic carbocycles. The molecule has 70 valence electrons. The number of hydrogen-bond donors (Lipinski definition) is 1. The Labute approximate surface area is 78.8 Å². The van der Waals surface area contributed by atoms with Gasteiger partial charge in [-0.1, -0.05) is 6.07 Å². The molecule has 0 spiro atoms. The fraction of sp³-hybridized carbons (Fsp3) is 0.455. The van der Waals surface area contributed by atoms with Crippen molar-refractivity contribution in [2.45, 2.75) is 19.8 Å². The molecule has 0 radical (unpaired) electrons. The van der Waals surface area contributed by atoms with Crippen molar-refractivity contribution in [2.75, 3.05) is 18.0 Å². The standard InChI is InChI=1S/C11H15NO/c1-2-12-8-4-5-9-10(12)6-3-7-11(9)13/h3,6-7,13H,2,4-5,8H2,1H3. The first-order chi connectivity index (χ1) is 6.33. The molecular formula is C11H15NO. The van der Waals surface area contributed by atoms with Gasteiger partial charge in [-0.2, -0.15) is 0 Å². The summed E-state index contributed by atoms with van der Waals surface area (Å²) in [6.45, 7) is 4.29. The third kappa shape index (κ3) is 1.37. The molecule has 1 aliphatic heterocycles. The minimum atomic E-state index is 0.454. The summed E-state index contributed by atoms with van der Waals surface area (Å²) in [7, 11) is 0. The van der Waals surface area contributed by atoms with E-state index in [1.54, 1.807) is 6.07 Å². The van der Waals surface area contributed by atoms with Gasteiger partial charge in [-0.3, -0.25) is 0 Å². The van der Waals surface area contributed by atoms with Gasteiger partial charge in [-0.15, -0.1) is 0 Å². The van der Waals surface area contributed by atoms with Gasteiger partial charge in [0.1, 0.15) is 5.75 Å². The highest BCUT2D eigenvalue weighted by molar-refractivity contribution is 5.60. The molecule has 0 aliphatic carbocycles. The summed E-state index contributed by atoms with van der Waals surface area (Å²) < 4.78 is 0. The lowest BCUT2D eigenvalue weighted by Crippen LogP contribution is -2.28. The summed E-state index contributed by atoms with van der Waals surface area (Å²) in [6.07, 6.45) is 2.16. The van der Waals surface area contributed by atoms with Gasteiger partial charge in [-0.25, -0.2) is 0 Å². The first kappa shape index (κ1) is 8.42. The van der Waals surface area contributed by atoms with Gasteiger partial charge in [0.15, 0.2) is 0 Å². The van der Waals surface area contributed by atoms with Crippen LogP contribution in [-0.4, -0.2) is 18.2 Å². The summed E-state index contributed by atoms with van der Waals surface area (Å²) in [4.78, 5) is 2.32. The number of nitrogens with zero attached hydrogens (tertiary/aromatic N) is 1. The van der Waals surface area contributed by atoms with E-state index < -0.39 is 0 Å². The number of rotatable bonds is 1. The zero-order valence-electron chi connectivity index (χ0n) is 7.95. The molecule has 0 saturated carbocycles. The second-order valence-electron chi connectivity index (χ2n) is 3.46. The zero-order chi connectivity index (χ0) is 9.26. The van der Waals surface area contributed by atoms with Crippen molar-refractivity contribution in [3.63, 3.8) is 0 Å². The van der Waals surface area contributed by atoms with Gasteiger partial charge in [0, 0.05) is 24.3 Å². The average molecular weight is 177 g/mol. The lowest BCUT2D eigenvalue weighted by atomic mass is 10.0. The summed E-state index contributed by atoms with van der Waals surface area (Å²) in [5, 5.41) is 9.64. The van der Waals surface area contributed by atoms with E-state index in [4.69, 9.17) is 0 Å². The Bertz CT molecular complexity index is 309. The molecule has 2 nitrogen and oxygen atoms in total. The Morgan fingerprint density at radius 1 is 1.46 bits per heavy atom. The molecule has 13 heavy (non-hydrogen) atoms. The molecule has 2 rings (SSSR count). The quantitative estimate of drug-likeness (QED) is 0.710. The molecule has 1 aromatic rings. The third-order valence-corrected chi connectivity index (χ3v) is 2.70. The van der Waals surface area contributed by atoms with Crippen molar-refractivity contribution in [1.82, 2.24) is 0 Å². The maximum Gasteiger partial charge on any atom is 0.120 e. The fourth-order valence-corrected chi connectivity index (χ4v) is 2.01. The van der Waals surface area contributed by atoms with Gasteiger partial charge in [0.2, 0.25) is 0 Å². The van der Waals surface area contributed by atoms with Gasteiger partial charge in [0.05, 0.1) is 0 Å². The molecule has 0 amide bonds. The Morgan fingerprint density at radius 3 is 3.08 bits per heavy atom. The van der Waals surface area contributed by atoms with Crippen molar-refractivity contribution < 1.29 is 5.11 Å². The van der Waals surface area contributed by atoms with E-state index in [-0.39, 0.29) is 0 Å². The minimum Gasteiger partial charge on any atom is -0.508 e. The predicted molar refractivity (Wildman–Crippen MR) is 54.3 cm³/mol. The first-order valence-corrected chi connectivity index (χ1v) is 4.88. The van der Waals surface area contributed by atoms with E-state index in [1.807, 2.05) is 6.07 Å². The smallest absolute Gasteiger partial charge is 0.120 e. The number of aromatic hydroxyl groups is 1. The second-order valence-corrected chi connectivity index (χ2v) is 3.46. The predicted octanol–water partition coefficient (Wildman–Crippen LogP) is 2.16. The highest BCUT2D eigenvalue weighted by Gasteiger charge is 2.17. The number of hydrogen-bond acceptors (Lipinski definition) is 2. The fourth-order valence-electron chi connectivity index (χ4n) is 2.01. The van der Waals surface area contributed by atoms with Crippen LogP contribution >= 0.6 is 0 Å². The van der Waals surface area contributed by atoms with Crippen LogP contribution in [0.15, 0.2) is 18.2 Å². The number of benzene rings is 1. The molecule has 0 fully saturated rings. The number of fused-ring (bicyclic) bond motifs is 1. The Balaban J connectivity index is 2.45. The van der Waals surface area contributed by atoms with Crippen molar-refractivity contribution >= 4 is 5.69 Å². The lowest BCUT2D eigenvalue weighted by Gasteiger charge is -2.30. The molecule has 0 atom stereocenters. The highest BCUT2D eigenvalue weighted by atomic mass is 16.3. The van der Waals surface area contributed by atoms with E-state index in [1.165, 1.54) is 5.69 Å². The Kier molecular flexibility index (Phi) is 2.13. The van der Waals surface area contributed by atoms with Crippen LogP contribution in [0.4, 0.5) is 5.69 Å². The number of anilines is 1.